The first-order valence-corrected chi connectivity index (χ1v) is 8.06. The number of amides is 1. The molecule has 6 heteroatoms. The van der Waals surface area contributed by atoms with Gasteiger partial charge in [-0.25, -0.2) is 4.39 Å². The van der Waals surface area contributed by atoms with Gasteiger partial charge in [-0.2, -0.15) is 0 Å². The number of carbonyl (C=O) groups is 1. The summed E-state index contributed by atoms with van der Waals surface area (Å²) in [7, 11) is 0. The van der Waals surface area contributed by atoms with E-state index in [1.165, 1.54) is 25.0 Å². The molecule has 118 valence electrons. The first kappa shape index (κ1) is 13.8. The molecule has 0 aliphatic carbocycles. The molecule has 1 saturated heterocycles. The molecule has 0 bridgehead atoms. The smallest absolute Gasteiger partial charge is 0.253 e. The zero-order valence-corrected chi connectivity index (χ0v) is 12.7. The van der Waals surface area contributed by atoms with Crippen LogP contribution in [0.4, 0.5) is 15.8 Å². The minimum Gasteiger partial charge on any atom is -0.351 e. The average molecular weight is 304 g/mol. The van der Waals surface area contributed by atoms with Crippen LogP contribution in [0, 0.1) is 11.7 Å². The molecule has 0 saturated carbocycles. The Bertz CT molecular complexity index is 620. The Labute approximate surface area is 129 Å². The third kappa shape index (κ3) is 2.05. The highest BCUT2D eigenvalue weighted by Gasteiger charge is 2.39. The highest BCUT2D eigenvalue weighted by Crippen LogP contribution is 2.41. The predicted octanol–water partition coefficient (Wildman–Crippen LogP) is 1.82. The molecular formula is C16H21FN4O. The number of hydrogen-bond donors (Lipinski definition) is 2. The van der Waals surface area contributed by atoms with Gasteiger partial charge in [0.25, 0.3) is 5.91 Å². The first-order chi connectivity index (χ1) is 10.7. The van der Waals surface area contributed by atoms with E-state index in [1.54, 1.807) is 0 Å². The highest BCUT2D eigenvalue weighted by atomic mass is 19.1. The highest BCUT2D eigenvalue weighted by molar-refractivity contribution is 6.04. The lowest BCUT2D eigenvalue weighted by molar-refractivity contribution is 0.0957. The molecule has 3 aliphatic rings. The van der Waals surface area contributed by atoms with Crippen molar-refractivity contribution in [2.24, 2.45) is 5.92 Å². The van der Waals surface area contributed by atoms with E-state index in [2.05, 4.69) is 27.4 Å². The van der Waals surface area contributed by atoms with E-state index in [9.17, 15) is 9.18 Å². The molecule has 1 aromatic carbocycles. The van der Waals surface area contributed by atoms with E-state index >= 15 is 0 Å². The molecule has 2 atom stereocenters. The average Bonchev–Trinajstić information content (AvgIpc) is 3.06. The summed E-state index contributed by atoms with van der Waals surface area (Å²) in [5.41, 5.74) is 2.02. The molecular weight excluding hydrogens is 283 g/mol. The van der Waals surface area contributed by atoms with Gasteiger partial charge in [0.2, 0.25) is 0 Å². The van der Waals surface area contributed by atoms with Gasteiger partial charge in [-0.3, -0.25) is 9.69 Å². The summed E-state index contributed by atoms with van der Waals surface area (Å²) >= 11 is 0. The molecule has 3 heterocycles. The fourth-order valence-electron chi connectivity index (χ4n) is 3.86. The lowest BCUT2D eigenvalue weighted by Gasteiger charge is -2.33. The van der Waals surface area contributed by atoms with Crippen LogP contribution in [0.5, 0.6) is 0 Å². The van der Waals surface area contributed by atoms with Crippen LogP contribution in [-0.2, 0) is 0 Å². The van der Waals surface area contributed by atoms with Crippen LogP contribution in [-0.4, -0.2) is 43.3 Å². The summed E-state index contributed by atoms with van der Waals surface area (Å²) in [6, 6.07) is 2.84. The third-order valence-electron chi connectivity index (χ3n) is 5.07. The Morgan fingerprint density at radius 1 is 1.36 bits per heavy atom. The fraction of sp³-hybridized carbons (Fsp3) is 0.562. The molecule has 5 nitrogen and oxygen atoms in total. The van der Waals surface area contributed by atoms with E-state index < -0.39 is 0 Å². The Kier molecular flexibility index (Phi) is 3.22. The van der Waals surface area contributed by atoms with Crippen LogP contribution >= 0.6 is 0 Å². The van der Waals surface area contributed by atoms with Crippen LogP contribution < -0.4 is 15.5 Å². The maximum atomic E-state index is 13.8. The van der Waals surface area contributed by atoms with Crippen molar-refractivity contribution in [3.05, 3.63) is 23.5 Å². The van der Waals surface area contributed by atoms with E-state index in [0.29, 0.717) is 12.1 Å². The molecule has 1 fully saturated rings. The summed E-state index contributed by atoms with van der Waals surface area (Å²) in [4.78, 5) is 16.8. The number of carbonyl (C=O) groups excluding carboxylic acids is 1. The van der Waals surface area contributed by atoms with E-state index in [0.717, 1.165) is 36.9 Å². The summed E-state index contributed by atoms with van der Waals surface area (Å²) < 4.78 is 13.8. The minimum atomic E-state index is -0.369. The fourth-order valence-corrected chi connectivity index (χ4v) is 3.86. The van der Waals surface area contributed by atoms with Gasteiger partial charge in [0.1, 0.15) is 5.82 Å². The van der Waals surface area contributed by atoms with Crippen molar-refractivity contribution in [2.75, 3.05) is 36.4 Å². The molecule has 0 aromatic heterocycles. The maximum absolute atomic E-state index is 13.8. The number of halogens is 1. The second-order valence-electron chi connectivity index (χ2n) is 6.37. The molecule has 4 rings (SSSR count). The molecule has 22 heavy (non-hydrogen) atoms. The van der Waals surface area contributed by atoms with Crippen molar-refractivity contribution in [2.45, 2.75) is 26.1 Å². The molecule has 1 aromatic rings. The molecule has 1 unspecified atom stereocenters. The number of nitrogens with zero attached hydrogens (tertiary/aromatic N) is 2. The summed E-state index contributed by atoms with van der Waals surface area (Å²) in [6.07, 6.45) is 2.42. The molecule has 1 amide bonds. The van der Waals surface area contributed by atoms with Crippen molar-refractivity contribution < 1.29 is 9.18 Å². The zero-order valence-electron chi connectivity index (χ0n) is 12.7. The van der Waals surface area contributed by atoms with E-state index in [4.69, 9.17) is 0 Å². The Balaban J connectivity index is 1.70. The van der Waals surface area contributed by atoms with Gasteiger partial charge in [-0.05, 0) is 24.5 Å². The van der Waals surface area contributed by atoms with Crippen molar-refractivity contribution in [3.63, 3.8) is 0 Å². The number of benzene rings is 1. The van der Waals surface area contributed by atoms with Crippen molar-refractivity contribution in [1.82, 2.24) is 10.2 Å². The first-order valence-electron chi connectivity index (χ1n) is 8.06. The Morgan fingerprint density at radius 2 is 2.23 bits per heavy atom. The molecule has 2 N–H and O–H groups in total. The van der Waals surface area contributed by atoms with Gasteiger partial charge in [0, 0.05) is 26.2 Å². The second kappa shape index (κ2) is 5.12. The van der Waals surface area contributed by atoms with Crippen molar-refractivity contribution in [1.29, 1.82) is 0 Å². The van der Waals surface area contributed by atoms with Crippen LogP contribution in [0.25, 0.3) is 0 Å². The number of nitrogens with one attached hydrogen (secondary N) is 2. The monoisotopic (exact) mass is 304 g/mol. The molecule has 0 spiro atoms. The SMILES string of the molecule is CC[C@@H]1CCN(C2Nc3cc(F)cc4c3N2CCNC4=O)C1. The summed E-state index contributed by atoms with van der Waals surface area (Å²) in [5, 5.41) is 6.28. The van der Waals surface area contributed by atoms with E-state index in [1.807, 2.05) is 0 Å². The number of hydrogen-bond acceptors (Lipinski definition) is 4. The predicted molar refractivity (Wildman–Crippen MR) is 83.5 cm³/mol. The van der Waals surface area contributed by atoms with Gasteiger partial charge in [0.15, 0.2) is 6.29 Å². The normalized spacial score (nSPS) is 27.4. The van der Waals surface area contributed by atoms with Gasteiger partial charge in [-0.15, -0.1) is 0 Å². The minimum absolute atomic E-state index is 0.0276. The van der Waals surface area contributed by atoms with E-state index in [-0.39, 0.29) is 18.0 Å². The lowest BCUT2D eigenvalue weighted by atomic mass is 10.1. The maximum Gasteiger partial charge on any atom is 0.253 e. The van der Waals surface area contributed by atoms with Crippen LogP contribution in [0.2, 0.25) is 0 Å². The van der Waals surface area contributed by atoms with Crippen LogP contribution in [0.1, 0.15) is 30.1 Å². The van der Waals surface area contributed by atoms with Gasteiger partial charge in [0.05, 0.1) is 16.9 Å². The Hall–Kier alpha value is -1.82. The zero-order chi connectivity index (χ0) is 15.3. The Morgan fingerprint density at radius 3 is 3.00 bits per heavy atom. The topological polar surface area (TPSA) is 47.6 Å². The lowest BCUT2D eigenvalue weighted by Crippen LogP contribution is -2.50. The van der Waals surface area contributed by atoms with Gasteiger partial charge in [-0.1, -0.05) is 13.3 Å². The number of anilines is 2. The second-order valence-corrected chi connectivity index (χ2v) is 6.37. The molecule has 3 aliphatic heterocycles. The van der Waals surface area contributed by atoms with Crippen LogP contribution in [0.15, 0.2) is 12.1 Å². The van der Waals surface area contributed by atoms with Crippen molar-refractivity contribution >= 4 is 17.3 Å². The largest absolute Gasteiger partial charge is 0.351 e. The number of likely N-dealkylation sites (tertiary alicyclic amines) is 1. The quantitative estimate of drug-likeness (QED) is 0.875. The van der Waals surface area contributed by atoms with Gasteiger partial charge < -0.3 is 15.5 Å². The van der Waals surface area contributed by atoms with Crippen LogP contribution in [0.3, 0.4) is 0 Å². The van der Waals surface area contributed by atoms with Crippen molar-refractivity contribution in [3.8, 4) is 0 Å². The van der Waals surface area contributed by atoms with Gasteiger partial charge >= 0.3 is 0 Å². The summed E-state index contributed by atoms with van der Waals surface area (Å²) in [5.74, 6) is 0.175. The summed E-state index contributed by atoms with van der Waals surface area (Å²) in [6.45, 7) is 5.64. The third-order valence-corrected chi connectivity index (χ3v) is 5.07. The number of rotatable bonds is 2. The standard InChI is InChI=1S/C16H21FN4O/c1-2-10-3-5-20(9-10)16-19-13-8-11(17)7-12-14(13)21(16)6-4-18-15(12)22/h7-8,10,16,19H,2-6,9H2,1H3,(H,18,22)/t10-,16?/m1/s1. The molecule has 0 radical (unpaired) electrons.